The number of ether oxygens (including phenoxy) is 1. The third-order valence-corrected chi connectivity index (χ3v) is 7.85. The molecule has 1 fully saturated rings. The number of hydrogen-bond acceptors (Lipinski definition) is 4. The van der Waals surface area contributed by atoms with Gasteiger partial charge < -0.3 is 9.30 Å². The van der Waals surface area contributed by atoms with E-state index in [9.17, 15) is 9.59 Å². The Hall–Kier alpha value is -4.29. The highest BCUT2D eigenvalue weighted by molar-refractivity contribution is 8.18. The van der Waals surface area contributed by atoms with Crippen molar-refractivity contribution in [1.82, 2.24) is 9.47 Å². The Kier molecular flexibility index (Phi) is 6.26. The second-order valence-corrected chi connectivity index (χ2v) is 10.3. The summed E-state index contributed by atoms with van der Waals surface area (Å²) in [4.78, 5) is 27.6. The first-order valence-corrected chi connectivity index (χ1v) is 13.4. The number of thioether (sulfide) groups is 1. The fraction of sp³-hybridized carbons (Fsp3) is 0.125. The van der Waals surface area contributed by atoms with E-state index in [0.29, 0.717) is 4.91 Å². The fourth-order valence-electron chi connectivity index (χ4n) is 5.05. The van der Waals surface area contributed by atoms with Gasteiger partial charge in [-0.3, -0.25) is 14.5 Å². The molecule has 4 aromatic carbocycles. The summed E-state index contributed by atoms with van der Waals surface area (Å²) in [5.41, 5.74) is 4.07. The van der Waals surface area contributed by atoms with Crippen molar-refractivity contribution in [2.75, 3.05) is 13.2 Å². The predicted octanol–water partition coefficient (Wildman–Crippen LogP) is 7.52. The number of hydrogen-bond donors (Lipinski definition) is 0. The maximum Gasteiger partial charge on any atom is 0.293 e. The van der Waals surface area contributed by atoms with Crippen LogP contribution < -0.4 is 4.74 Å². The minimum atomic E-state index is -0.281. The first kappa shape index (κ1) is 24.1. The van der Waals surface area contributed by atoms with E-state index >= 15 is 0 Å². The van der Waals surface area contributed by atoms with Gasteiger partial charge in [0.25, 0.3) is 11.1 Å². The first-order chi connectivity index (χ1) is 18.5. The normalized spacial score (nSPS) is 14.8. The van der Waals surface area contributed by atoms with Crippen molar-refractivity contribution in [1.29, 1.82) is 0 Å². The second-order valence-electron chi connectivity index (χ2n) is 9.35. The molecule has 5 aromatic rings. The van der Waals surface area contributed by atoms with Gasteiger partial charge in [-0.1, -0.05) is 66.7 Å². The van der Waals surface area contributed by atoms with Gasteiger partial charge in [0.05, 0.1) is 11.4 Å². The quantitative estimate of drug-likeness (QED) is 0.218. The van der Waals surface area contributed by atoms with Crippen LogP contribution in [-0.2, 0) is 4.79 Å². The van der Waals surface area contributed by atoms with Crippen molar-refractivity contribution < 1.29 is 14.3 Å². The van der Waals surface area contributed by atoms with Crippen molar-refractivity contribution in [2.24, 2.45) is 0 Å². The van der Waals surface area contributed by atoms with Crippen LogP contribution in [0.25, 0.3) is 33.3 Å². The topological polar surface area (TPSA) is 51.5 Å². The molecule has 1 saturated heterocycles. The molecule has 0 spiro atoms. The third-order valence-electron chi connectivity index (χ3n) is 6.94. The molecule has 2 heterocycles. The molecule has 0 radical (unpaired) electrons. The largest absolute Gasteiger partial charge is 0.491 e. The molecule has 1 aliphatic heterocycles. The van der Waals surface area contributed by atoms with Crippen LogP contribution in [0.15, 0.2) is 95.9 Å². The summed E-state index contributed by atoms with van der Waals surface area (Å²) in [6.07, 6.45) is 1.83. The van der Waals surface area contributed by atoms with Gasteiger partial charge in [0.1, 0.15) is 12.4 Å². The van der Waals surface area contributed by atoms with Gasteiger partial charge in [-0.2, -0.15) is 0 Å². The SMILES string of the molecule is Cc1cc(/C=C2\SC(=O)N(CCOc3cccc4ccccc34)C2=O)c(C)n1-c1ccc2ccccc2c1. The van der Waals surface area contributed by atoms with Crippen LogP contribution in [0, 0.1) is 13.8 Å². The average Bonchev–Trinajstić information content (AvgIpc) is 3.36. The molecule has 188 valence electrons. The lowest BCUT2D eigenvalue weighted by Crippen LogP contribution is -2.32. The Morgan fingerprint density at radius 2 is 1.55 bits per heavy atom. The van der Waals surface area contributed by atoms with Crippen molar-refractivity contribution in [3.8, 4) is 11.4 Å². The molecule has 5 nitrogen and oxygen atoms in total. The van der Waals surface area contributed by atoms with E-state index in [1.807, 2.05) is 67.6 Å². The lowest BCUT2D eigenvalue weighted by Gasteiger charge is -2.14. The van der Waals surface area contributed by atoms with E-state index in [1.165, 1.54) is 15.7 Å². The van der Waals surface area contributed by atoms with E-state index in [4.69, 9.17) is 4.74 Å². The zero-order valence-corrected chi connectivity index (χ0v) is 22.0. The van der Waals surface area contributed by atoms with Crippen LogP contribution in [0.5, 0.6) is 5.75 Å². The molecule has 0 N–H and O–H groups in total. The zero-order valence-electron chi connectivity index (χ0n) is 21.2. The molecule has 38 heavy (non-hydrogen) atoms. The Morgan fingerprint density at radius 3 is 2.39 bits per heavy atom. The summed E-state index contributed by atoms with van der Waals surface area (Å²) in [5.74, 6) is 0.462. The highest BCUT2D eigenvalue weighted by Gasteiger charge is 2.35. The summed E-state index contributed by atoms with van der Waals surface area (Å²) in [6, 6.07) is 30.6. The molecular formula is C32H26N2O3S. The summed E-state index contributed by atoms with van der Waals surface area (Å²) in [5, 5.41) is 4.18. The molecule has 6 heteroatoms. The molecule has 0 atom stereocenters. The van der Waals surface area contributed by atoms with E-state index in [1.54, 1.807) is 0 Å². The standard InChI is InChI=1S/C32H26N2O3S/c1-21-18-26(22(2)34(21)27-15-14-23-8-3-4-10-25(23)19-27)20-30-31(35)33(32(36)38-30)16-17-37-29-13-7-11-24-9-5-6-12-28(24)29/h3-15,18-20H,16-17H2,1-2H3/b30-20-. The minimum Gasteiger partial charge on any atom is -0.491 e. The van der Waals surface area contributed by atoms with Crippen molar-refractivity contribution in [3.63, 3.8) is 0 Å². The highest BCUT2D eigenvalue weighted by Crippen LogP contribution is 2.34. The molecule has 0 saturated carbocycles. The Labute approximate surface area is 225 Å². The summed E-state index contributed by atoms with van der Waals surface area (Å²) >= 11 is 0.981. The molecule has 2 amide bonds. The highest BCUT2D eigenvalue weighted by atomic mass is 32.2. The monoisotopic (exact) mass is 518 g/mol. The lowest BCUT2D eigenvalue weighted by atomic mass is 10.1. The van der Waals surface area contributed by atoms with E-state index < -0.39 is 0 Å². The number of imide groups is 1. The van der Waals surface area contributed by atoms with Gasteiger partial charge in [-0.25, -0.2) is 0 Å². The van der Waals surface area contributed by atoms with Gasteiger partial charge >= 0.3 is 0 Å². The number of benzene rings is 4. The van der Waals surface area contributed by atoms with Gasteiger partial charge in [0.2, 0.25) is 0 Å². The number of carbonyl (C=O) groups excluding carboxylic acids is 2. The maximum atomic E-state index is 13.1. The second kappa shape index (κ2) is 9.88. The van der Waals surface area contributed by atoms with Crippen LogP contribution in [0.3, 0.4) is 0 Å². The number of fused-ring (bicyclic) bond motifs is 2. The van der Waals surface area contributed by atoms with Crippen LogP contribution in [-0.4, -0.2) is 33.8 Å². The van der Waals surface area contributed by atoms with Crippen molar-refractivity contribution in [2.45, 2.75) is 13.8 Å². The lowest BCUT2D eigenvalue weighted by molar-refractivity contribution is -0.123. The van der Waals surface area contributed by atoms with E-state index in [0.717, 1.165) is 50.9 Å². The maximum absolute atomic E-state index is 13.1. The van der Waals surface area contributed by atoms with Crippen LogP contribution in [0.2, 0.25) is 0 Å². The molecule has 6 rings (SSSR count). The molecule has 0 bridgehead atoms. The average molecular weight is 519 g/mol. The molecule has 1 aromatic heterocycles. The summed E-state index contributed by atoms with van der Waals surface area (Å²) < 4.78 is 8.15. The van der Waals surface area contributed by atoms with Crippen LogP contribution >= 0.6 is 11.8 Å². The molecule has 0 unspecified atom stereocenters. The van der Waals surface area contributed by atoms with Gasteiger partial charge in [0, 0.05) is 22.5 Å². The van der Waals surface area contributed by atoms with Crippen molar-refractivity contribution >= 4 is 50.5 Å². The van der Waals surface area contributed by atoms with Gasteiger partial charge in [0.15, 0.2) is 0 Å². The number of rotatable bonds is 6. The predicted molar refractivity (Wildman–Crippen MR) is 155 cm³/mol. The van der Waals surface area contributed by atoms with E-state index in [2.05, 4.69) is 47.9 Å². The molecule has 1 aliphatic rings. The summed E-state index contributed by atoms with van der Waals surface area (Å²) in [6.45, 7) is 4.52. The van der Waals surface area contributed by atoms with Gasteiger partial charge in [-0.15, -0.1) is 0 Å². The molecule has 0 aliphatic carbocycles. The fourth-order valence-corrected chi connectivity index (χ4v) is 5.91. The number of aromatic nitrogens is 1. The Bertz CT molecular complexity index is 1750. The smallest absolute Gasteiger partial charge is 0.293 e. The number of carbonyl (C=O) groups is 2. The Morgan fingerprint density at radius 1 is 0.816 bits per heavy atom. The minimum absolute atomic E-state index is 0.196. The number of nitrogens with zero attached hydrogens (tertiary/aromatic N) is 2. The van der Waals surface area contributed by atoms with E-state index in [-0.39, 0.29) is 24.3 Å². The van der Waals surface area contributed by atoms with Crippen molar-refractivity contribution in [3.05, 3.63) is 113 Å². The third kappa shape index (κ3) is 4.37. The number of amides is 2. The van der Waals surface area contributed by atoms with Gasteiger partial charge in [-0.05, 0) is 77.7 Å². The summed E-state index contributed by atoms with van der Waals surface area (Å²) in [7, 11) is 0. The first-order valence-electron chi connectivity index (χ1n) is 12.5. The Balaban J connectivity index is 1.20. The van der Waals surface area contributed by atoms with Crippen LogP contribution in [0.4, 0.5) is 4.79 Å². The zero-order chi connectivity index (χ0) is 26.2. The molecular weight excluding hydrogens is 492 g/mol. The number of aryl methyl sites for hydroxylation is 1. The van der Waals surface area contributed by atoms with Crippen LogP contribution in [0.1, 0.15) is 17.0 Å².